The van der Waals surface area contributed by atoms with Crippen LogP contribution in [0.4, 0.5) is 0 Å². The van der Waals surface area contributed by atoms with Crippen LogP contribution in [0, 0.1) is 6.92 Å². The molecule has 0 aromatic carbocycles. The summed E-state index contributed by atoms with van der Waals surface area (Å²) in [5, 5.41) is 3.59. The molecule has 17 heavy (non-hydrogen) atoms. The number of piperazine rings is 1. The summed E-state index contributed by atoms with van der Waals surface area (Å²) >= 11 is 1.94. The van der Waals surface area contributed by atoms with E-state index in [4.69, 9.17) is 0 Å². The maximum Gasteiger partial charge on any atom is 0.0417 e. The van der Waals surface area contributed by atoms with E-state index in [1.54, 1.807) is 0 Å². The van der Waals surface area contributed by atoms with Crippen molar-refractivity contribution in [3.63, 3.8) is 0 Å². The molecule has 1 saturated heterocycles. The minimum atomic E-state index is 0.559. The van der Waals surface area contributed by atoms with Gasteiger partial charge in [0.1, 0.15) is 0 Å². The molecule has 96 valence electrons. The highest BCUT2D eigenvalue weighted by Crippen LogP contribution is 2.30. The van der Waals surface area contributed by atoms with Crippen LogP contribution < -0.4 is 5.32 Å². The van der Waals surface area contributed by atoms with E-state index >= 15 is 0 Å². The Morgan fingerprint density at radius 1 is 1.53 bits per heavy atom. The van der Waals surface area contributed by atoms with Gasteiger partial charge in [0.05, 0.1) is 0 Å². The largest absolute Gasteiger partial charge is 0.311 e. The van der Waals surface area contributed by atoms with Crippen LogP contribution in [0.1, 0.15) is 43.0 Å². The molecule has 0 aliphatic carbocycles. The van der Waals surface area contributed by atoms with Gasteiger partial charge in [-0.05, 0) is 39.3 Å². The molecule has 1 aliphatic heterocycles. The SMILES string of the molecule is CCC1CNC(C)CN1C(C)c1ccc(C)s1. The fourth-order valence-electron chi connectivity index (χ4n) is 2.68. The molecule has 3 unspecified atom stereocenters. The monoisotopic (exact) mass is 252 g/mol. The van der Waals surface area contributed by atoms with E-state index in [0.29, 0.717) is 18.1 Å². The Morgan fingerprint density at radius 2 is 2.29 bits per heavy atom. The first-order chi connectivity index (χ1) is 8.11. The van der Waals surface area contributed by atoms with Crippen LogP contribution >= 0.6 is 11.3 Å². The summed E-state index contributed by atoms with van der Waals surface area (Å²) in [5.74, 6) is 0. The Balaban J connectivity index is 2.12. The second-order valence-corrected chi connectivity index (χ2v) is 6.51. The lowest BCUT2D eigenvalue weighted by atomic mass is 10.0. The van der Waals surface area contributed by atoms with E-state index < -0.39 is 0 Å². The number of rotatable bonds is 3. The normalized spacial score (nSPS) is 28.2. The summed E-state index contributed by atoms with van der Waals surface area (Å²) in [6, 6.07) is 6.39. The van der Waals surface area contributed by atoms with Gasteiger partial charge in [0.15, 0.2) is 0 Å². The van der Waals surface area contributed by atoms with Gasteiger partial charge in [-0.1, -0.05) is 6.92 Å². The van der Waals surface area contributed by atoms with Crippen molar-refractivity contribution in [1.29, 1.82) is 0 Å². The number of thiophene rings is 1. The molecular weight excluding hydrogens is 228 g/mol. The Hall–Kier alpha value is -0.380. The molecule has 1 N–H and O–H groups in total. The molecule has 0 amide bonds. The van der Waals surface area contributed by atoms with Gasteiger partial charge in [0.25, 0.3) is 0 Å². The van der Waals surface area contributed by atoms with Crippen molar-refractivity contribution in [1.82, 2.24) is 10.2 Å². The molecule has 0 spiro atoms. The van der Waals surface area contributed by atoms with Gasteiger partial charge in [-0.15, -0.1) is 11.3 Å². The van der Waals surface area contributed by atoms with Crippen molar-refractivity contribution in [2.45, 2.75) is 52.2 Å². The van der Waals surface area contributed by atoms with E-state index in [2.05, 4.69) is 50.0 Å². The van der Waals surface area contributed by atoms with E-state index in [-0.39, 0.29) is 0 Å². The van der Waals surface area contributed by atoms with Crippen molar-refractivity contribution >= 4 is 11.3 Å². The van der Waals surface area contributed by atoms with Crippen molar-refractivity contribution in [2.75, 3.05) is 13.1 Å². The maximum absolute atomic E-state index is 3.59. The average molecular weight is 252 g/mol. The Labute approximate surface area is 109 Å². The molecule has 0 saturated carbocycles. The highest BCUT2D eigenvalue weighted by molar-refractivity contribution is 7.12. The van der Waals surface area contributed by atoms with Gasteiger partial charge in [-0.3, -0.25) is 4.90 Å². The lowest BCUT2D eigenvalue weighted by Crippen LogP contribution is -2.55. The predicted molar refractivity (Wildman–Crippen MR) is 75.7 cm³/mol. The van der Waals surface area contributed by atoms with Gasteiger partial charge in [0.2, 0.25) is 0 Å². The fraction of sp³-hybridized carbons (Fsp3) is 0.714. The van der Waals surface area contributed by atoms with Crippen LogP contribution in [0.15, 0.2) is 12.1 Å². The summed E-state index contributed by atoms with van der Waals surface area (Å²) in [5.41, 5.74) is 0. The Morgan fingerprint density at radius 3 is 2.88 bits per heavy atom. The predicted octanol–water partition coefficient (Wildman–Crippen LogP) is 3.19. The second-order valence-electron chi connectivity index (χ2n) is 5.19. The van der Waals surface area contributed by atoms with Crippen LogP contribution in [0.3, 0.4) is 0 Å². The zero-order valence-electron chi connectivity index (χ0n) is 11.4. The lowest BCUT2D eigenvalue weighted by Gasteiger charge is -2.42. The first kappa shape index (κ1) is 13.1. The molecule has 1 fully saturated rings. The van der Waals surface area contributed by atoms with Crippen LogP contribution in [0.25, 0.3) is 0 Å². The Kier molecular flexibility index (Phi) is 4.23. The van der Waals surface area contributed by atoms with E-state index in [0.717, 1.165) is 13.1 Å². The van der Waals surface area contributed by atoms with Crippen LogP contribution in [0.5, 0.6) is 0 Å². The van der Waals surface area contributed by atoms with Crippen molar-refractivity contribution in [3.8, 4) is 0 Å². The van der Waals surface area contributed by atoms with Gasteiger partial charge in [0, 0.05) is 41.0 Å². The number of hydrogen-bond acceptors (Lipinski definition) is 3. The van der Waals surface area contributed by atoms with E-state index in [1.807, 2.05) is 11.3 Å². The molecule has 2 heterocycles. The molecule has 3 heteroatoms. The zero-order valence-corrected chi connectivity index (χ0v) is 12.2. The second kappa shape index (κ2) is 5.51. The first-order valence-corrected chi connectivity index (χ1v) is 7.49. The molecule has 0 radical (unpaired) electrons. The van der Waals surface area contributed by atoms with Crippen LogP contribution in [-0.4, -0.2) is 30.1 Å². The number of nitrogens with zero attached hydrogens (tertiary/aromatic N) is 1. The van der Waals surface area contributed by atoms with Gasteiger partial charge in [-0.25, -0.2) is 0 Å². The molecule has 2 rings (SSSR count). The van der Waals surface area contributed by atoms with E-state index in [9.17, 15) is 0 Å². The fourth-order valence-corrected chi connectivity index (χ4v) is 3.63. The standard InChI is InChI=1S/C14H24N2S/c1-5-13-8-15-10(2)9-16(13)12(4)14-7-6-11(3)17-14/h6-7,10,12-13,15H,5,8-9H2,1-4H3. The van der Waals surface area contributed by atoms with Crippen LogP contribution in [-0.2, 0) is 0 Å². The third kappa shape index (κ3) is 2.90. The zero-order chi connectivity index (χ0) is 12.4. The number of aryl methyl sites for hydroxylation is 1. The molecular formula is C14H24N2S. The molecule has 1 aliphatic rings. The summed E-state index contributed by atoms with van der Waals surface area (Å²) < 4.78 is 0. The molecule has 1 aromatic heterocycles. The van der Waals surface area contributed by atoms with Crippen molar-refractivity contribution in [2.24, 2.45) is 0 Å². The van der Waals surface area contributed by atoms with Crippen molar-refractivity contribution in [3.05, 3.63) is 21.9 Å². The molecule has 2 nitrogen and oxygen atoms in total. The smallest absolute Gasteiger partial charge is 0.0417 e. The minimum absolute atomic E-state index is 0.559. The highest BCUT2D eigenvalue weighted by Gasteiger charge is 2.29. The average Bonchev–Trinajstić information content (AvgIpc) is 2.75. The Bertz CT molecular complexity index is 361. The third-order valence-electron chi connectivity index (χ3n) is 3.80. The third-order valence-corrected chi connectivity index (χ3v) is 4.97. The first-order valence-electron chi connectivity index (χ1n) is 6.67. The topological polar surface area (TPSA) is 15.3 Å². The summed E-state index contributed by atoms with van der Waals surface area (Å²) in [4.78, 5) is 5.60. The molecule has 1 aromatic rings. The lowest BCUT2D eigenvalue weighted by molar-refractivity contribution is 0.0920. The highest BCUT2D eigenvalue weighted by atomic mass is 32.1. The molecule has 0 bridgehead atoms. The summed E-state index contributed by atoms with van der Waals surface area (Å²) in [6.45, 7) is 11.4. The van der Waals surface area contributed by atoms with Crippen molar-refractivity contribution < 1.29 is 0 Å². The summed E-state index contributed by atoms with van der Waals surface area (Å²) in [6.07, 6.45) is 1.23. The van der Waals surface area contributed by atoms with Gasteiger partial charge >= 0.3 is 0 Å². The maximum atomic E-state index is 3.59. The quantitative estimate of drug-likeness (QED) is 0.889. The van der Waals surface area contributed by atoms with Crippen LogP contribution in [0.2, 0.25) is 0 Å². The minimum Gasteiger partial charge on any atom is -0.311 e. The van der Waals surface area contributed by atoms with E-state index in [1.165, 1.54) is 16.2 Å². The van der Waals surface area contributed by atoms with Gasteiger partial charge in [-0.2, -0.15) is 0 Å². The summed E-state index contributed by atoms with van der Waals surface area (Å²) in [7, 11) is 0. The number of hydrogen-bond donors (Lipinski definition) is 1. The molecule has 3 atom stereocenters. The van der Waals surface area contributed by atoms with Gasteiger partial charge < -0.3 is 5.32 Å². The number of nitrogens with one attached hydrogen (secondary N) is 1.